The Kier molecular flexibility index (Phi) is 3.50. The van der Waals surface area contributed by atoms with Crippen LogP contribution in [0.15, 0.2) is 18.2 Å². The molecule has 1 aromatic rings. The molecule has 1 aliphatic carbocycles. The molecule has 3 aliphatic rings. The SMILES string of the molecule is Cc1cccc2c1C(C(=O)N1CCC3(CC1)OCCO3)CC2=O. The second-order valence-corrected chi connectivity index (χ2v) is 6.65. The number of likely N-dealkylation sites (tertiary alicyclic amines) is 1. The number of nitrogens with zero attached hydrogens (tertiary/aromatic N) is 1. The van der Waals surface area contributed by atoms with Gasteiger partial charge in [-0.15, -0.1) is 0 Å². The predicted molar refractivity (Wildman–Crippen MR) is 83.3 cm³/mol. The highest BCUT2D eigenvalue weighted by Gasteiger charge is 2.43. The lowest BCUT2D eigenvalue weighted by atomic mass is 9.94. The lowest BCUT2D eigenvalue weighted by Gasteiger charge is -2.38. The number of hydrogen-bond acceptors (Lipinski definition) is 4. The molecule has 2 heterocycles. The average molecular weight is 315 g/mol. The molecule has 0 radical (unpaired) electrons. The molecule has 0 aromatic heterocycles. The molecule has 1 spiro atoms. The van der Waals surface area contributed by atoms with Gasteiger partial charge in [-0.3, -0.25) is 9.59 Å². The van der Waals surface area contributed by atoms with E-state index in [0.29, 0.717) is 45.6 Å². The number of Topliss-reactive ketones (excluding diaryl/α,β-unsaturated/α-hetero) is 1. The lowest BCUT2D eigenvalue weighted by molar-refractivity contribution is -0.187. The van der Waals surface area contributed by atoms with E-state index in [1.165, 1.54) is 0 Å². The van der Waals surface area contributed by atoms with E-state index in [4.69, 9.17) is 9.47 Å². The van der Waals surface area contributed by atoms with Gasteiger partial charge in [-0.2, -0.15) is 0 Å². The van der Waals surface area contributed by atoms with Crippen LogP contribution in [0.2, 0.25) is 0 Å². The standard InChI is InChI=1S/C18H21NO4/c1-12-3-2-4-13-15(20)11-14(16(12)13)17(21)19-7-5-18(6-8-19)22-9-10-23-18/h2-4,14H,5-11H2,1H3. The molecule has 2 fully saturated rings. The second kappa shape index (κ2) is 5.42. The van der Waals surface area contributed by atoms with E-state index >= 15 is 0 Å². The van der Waals surface area contributed by atoms with E-state index in [9.17, 15) is 9.59 Å². The van der Waals surface area contributed by atoms with Gasteiger partial charge >= 0.3 is 0 Å². The van der Waals surface area contributed by atoms with Crippen molar-refractivity contribution in [2.45, 2.75) is 37.9 Å². The van der Waals surface area contributed by atoms with Crippen molar-refractivity contribution in [1.82, 2.24) is 4.90 Å². The minimum absolute atomic E-state index is 0.0687. The van der Waals surface area contributed by atoms with Crippen LogP contribution in [-0.2, 0) is 14.3 Å². The number of carbonyl (C=O) groups excluding carboxylic acids is 2. The Morgan fingerprint density at radius 3 is 2.61 bits per heavy atom. The highest BCUT2D eigenvalue weighted by Crippen LogP contribution is 2.38. The van der Waals surface area contributed by atoms with Crippen LogP contribution in [0.5, 0.6) is 0 Å². The molecular formula is C18H21NO4. The first-order valence-corrected chi connectivity index (χ1v) is 8.29. The van der Waals surface area contributed by atoms with Crippen LogP contribution in [0.25, 0.3) is 0 Å². The summed E-state index contributed by atoms with van der Waals surface area (Å²) in [6.07, 6.45) is 1.72. The molecular weight excluding hydrogens is 294 g/mol. The molecule has 0 saturated carbocycles. The molecule has 0 N–H and O–H groups in total. The van der Waals surface area contributed by atoms with Crippen molar-refractivity contribution in [2.75, 3.05) is 26.3 Å². The van der Waals surface area contributed by atoms with E-state index in [1.54, 1.807) is 0 Å². The molecule has 1 aromatic carbocycles. The second-order valence-electron chi connectivity index (χ2n) is 6.65. The fraction of sp³-hybridized carbons (Fsp3) is 0.556. The van der Waals surface area contributed by atoms with Crippen molar-refractivity contribution in [2.24, 2.45) is 0 Å². The number of benzene rings is 1. The van der Waals surface area contributed by atoms with Crippen molar-refractivity contribution >= 4 is 11.7 Å². The minimum Gasteiger partial charge on any atom is -0.347 e. The number of carbonyl (C=O) groups is 2. The zero-order valence-electron chi connectivity index (χ0n) is 13.3. The third kappa shape index (κ3) is 2.39. The lowest BCUT2D eigenvalue weighted by Crippen LogP contribution is -2.48. The summed E-state index contributed by atoms with van der Waals surface area (Å²) in [6.45, 7) is 4.51. The van der Waals surface area contributed by atoms with Gasteiger partial charge in [0.1, 0.15) is 0 Å². The van der Waals surface area contributed by atoms with Gasteiger partial charge in [0, 0.05) is 37.9 Å². The number of ether oxygens (including phenoxy) is 2. The molecule has 1 unspecified atom stereocenters. The van der Waals surface area contributed by atoms with Crippen LogP contribution in [0.1, 0.15) is 46.7 Å². The van der Waals surface area contributed by atoms with Gasteiger partial charge in [0.2, 0.25) is 5.91 Å². The quantitative estimate of drug-likeness (QED) is 0.796. The number of hydrogen-bond donors (Lipinski definition) is 0. The third-order valence-corrected chi connectivity index (χ3v) is 5.31. The van der Waals surface area contributed by atoms with E-state index in [-0.39, 0.29) is 17.6 Å². The van der Waals surface area contributed by atoms with Crippen molar-refractivity contribution in [3.05, 3.63) is 34.9 Å². The van der Waals surface area contributed by atoms with Gasteiger partial charge in [0.05, 0.1) is 19.1 Å². The first-order valence-electron chi connectivity index (χ1n) is 8.29. The summed E-state index contributed by atoms with van der Waals surface area (Å²) >= 11 is 0. The highest BCUT2D eigenvalue weighted by atomic mass is 16.7. The third-order valence-electron chi connectivity index (χ3n) is 5.31. The fourth-order valence-electron chi connectivity index (χ4n) is 4.07. The molecule has 2 saturated heterocycles. The smallest absolute Gasteiger partial charge is 0.230 e. The largest absolute Gasteiger partial charge is 0.347 e. The maximum atomic E-state index is 13.0. The van der Waals surface area contributed by atoms with Crippen LogP contribution >= 0.6 is 0 Å². The van der Waals surface area contributed by atoms with Gasteiger partial charge in [-0.25, -0.2) is 0 Å². The Labute approximate surface area is 135 Å². The summed E-state index contributed by atoms with van der Waals surface area (Å²) in [6, 6.07) is 5.70. The number of fused-ring (bicyclic) bond motifs is 1. The molecule has 4 rings (SSSR count). The molecule has 1 atom stereocenters. The fourth-order valence-corrected chi connectivity index (χ4v) is 4.07. The van der Waals surface area contributed by atoms with Crippen LogP contribution in [0.3, 0.4) is 0 Å². The number of piperidine rings is 1. The van der Waals surface area contributed by atoms with Crippen LogP contribution < -0.4 is 0 Å². The van der Waals surface area contributed by atoms with E-state index in [2.05, 4.69) is 0 Å². The maximum absolute atomic E-state index is 13.0. The van der Waals surface area contributed by atoms with E-state index in [0.717, 1.165) is 16.7 Å². The Morgan fingerprint density at radius 2 is 1.91 bits per heavy atom. The predicted octanol–water partition coefficient (Wildman–Crippen LogP) is 2.03. The summed E-state index contributed by atoms with van der Waals surface area (Å²) < 4.78 is 11.4. The summed E-state index contributed by atoms with van der Waals surface area (Å²) in [5.41, 5.74) is 2.68. The zero-order chi connectivity index (χ0) is 16.0. The van der Waals surface area contributed by atoms with Crippen molar-refractivity contribution in [1.29, 1.82) is 0 Å². The molecule has 122 valence electrons. The van der Waals surface area contributed by atoms with Gasteiger partial charge in [0.15, 0.2) is 11.6 Å². The molecule has 23 heavy (non-hydrogen) atoms. The van der Waals surface area contributed by atoms with Crippen LogP contribution in [0, 0.1) is 6.92 Å². The highest BCUT2D eigenvalue weighted by molar-refractivity contribution is 6.07. The minimum atomic E-state index is -0.476. The van der Waals surface area contributed by atoms with Crippen LogP contribution in [-0.4, -0.2) is 48.7 Å². The summed E-state index contributed by atoms with van der Waals surface area (Å²) in [5.74, 6) is -0.647. The molecule has 5 nitrogen and oxygen atoms in total. The number of amides is 1. The average Bonchev–Trinajstić information content (AvgIpc) is 3.14. The molecule has 5 heteroatoms. The summed E-state index contributed by atoms with van der Waals surface area (Å²) in [5, 5.41) is 0. The van der Waals surface area contributed by atoms with Gasteiger partial charge in [0.25, 0.3) is 0 Å². The Bertz CT molecular complexity index is 653. The van der Waals surface area contributed by atoms with E-state index < -0.39 is 5.79 Å². The monoisotopic (exact) mass is 315 g/mol. The first-order chi connectivity index (χ1) is 11.1. The normalized spacial score (nSPS) is 25.9. The number of ketones is 1. The van der Waals surface area contributed by atoms with Gasteiger partial charge < -0.3 is 14.4 Å². The topological polar surface area (TPSA) is 55.8 Å². The van der Waals surface area contributed by atoms with Crippen molar-refractivity contribution < 1.29 is 19.1 Å². The molecule has 2 aliphatic heterocycles. The Morgan fingerprint density at radius 1 is 1.22 bits per heavy atom. The van der Waals surface area contributed by atoms with Crippen molar-refractivity contribution in [3.63, 3.8) is 0 Å². The van der Waals surface area contributed by atoms with Gasteiger partial charge in [-0.1, -0.05) is 18.2 Å². The zero-order valence-corrected chi connectivity index (χ0v) is 13.3. The van der Waals surface area contributed by atoms with Crippen LogP contribution in [0.4, 0.5) is 0 Å². The first kappa shape index (κ1) is 14.8. The maximum Gasteiger partial charge on any atom is 0.230 e. The summed E-state index contributed by atoms with van der Waals surface area (Å²) in [4.78, 5) is 27.0. The number of rotatable bonds is 1. The Hall–Kier alpha value is -1.72. The molecule has 0 bridgehead atoms. The number of aryl methyl sites for hydroxylation is 1. The Balaban J connectivity index is 1.52. The molecule has 1 amide bonds. The van der Waals surface area contributed by atoms with E-state index in [1.807, 2.05) is 30.0 Å². The van der Waals surface area contributed by atoms with Gasteiger partial charge in [-0.05, 0) is 18.1 Å². The summed E-state index contributed by atoms with van der Waals surface area (Å²) in [7, 11) is 0. The van der Waals surface area contributed by atoms with Crippen molar-refractivity contribution in [3.8, 4) is 0 Å².